The van der Waals surface area contributed by atoms with Crippen molar-refractivity contribution in [1.82, 2.24) is 10.3 Å². The lowest BCUT2D eigenvalue weighted by Crippen LogP contribution is -2.37. The van der Waals surface area contributed by atoms with Gasteiger partial charge in [-0.05, 0) is 31.1 Å². The number of carbonyl (C=O) groups excluding carboxylic acids is 2. The summed E-state index contributed by atoms with van der Waals surface area (Å²) in [5.74, 6) is -0.289. The van der Waals surface area contributed by atoms with Gasteiger partial charge in [0, 0.05) is 36.7 Å². The zero-order valence-corrected chi connectivity index (χ0v) is 15.9. The lowest BCUT2D eigenvalue weighted by atomic mass is 10.1. The number of nitrogens with zero attached hydrogens (tertiary/aromatic N) is 1. The van der Waals surface area contributed by atoms with Crippen LogP contribution in [0.25, 0.3) is 6.08 Å². The van der Waals surface area contributed by atoms with Crippen LogP contribution in [-0.2, 0) is 19.1 Å². The molecule has 1 fully saturated rings. The molecular weight excluding hydrogens is 372 g/mol. The second-order valence-electron chi connectivity index (χ2n) is 6.95. The Bertz CT molecular complexity index is 906. The molecule has 1 amide bonds. The predicted molar refractivity (Wildman–Crippen MR) is 105 cm³/mol. The number of rotatable bonds is 6. The van der Waals surface area contributed by atoms with Gasteiger partial charge in [-0.3, -0.25) is 9.78 Å². The van der Waals surface area contributed by atoms with Crippen LogP contribution in [0.4, 0.5) is 0 Å². The Morgan fingerprint density at radius 1 is 1.24 bits per heavy atom. The van der Waals surface area contributed by atoms with E-state index in [1.54, 1.807) is 24.4 Å². The van der Waals surface area contributed by atoms with E-state index in [4.69, 9.17) is 14.2 Å². The van der Waals surface area contributed by atoms with E-state index in [9.17, 15) is 9.59 Å². The molecule has 3 heterocycles. The standard InChI is InChI=1S/C22H22N2O5/c25-21(24-13-18-7-4-10-27-18)20(16-6-3-9-23-12-16)29-22(26)17-11-15-5-1-2-8-19(15)28-14-17/h1-3,5-6,8-9,11-12,18,20H,4,7,10,13-14H2,(H,24,25)/t18-,20+/m1/s1. The van der Waals surface area contributed by atoms with Gasteiger partial charge in [-0.15, -0.1) is 0 Å². The Morgan fingerprint density at radius 3 is 2.93 bits per heavy atom. The van der Waals surface area contributed by atoms with Crippen molar-refractivity contribution >= 4 is 18.0 Å². The summed E-state index contributed by atoms with van der Waals surface area (Å²) in [5.41, 5.74) is 1.65. The third-order valence-electron chi connectivity index (χ3n) is 4.87. The maximum Gasteiger partial charge on any atom is 0.338 e. The molecule has 1 aromatic heterocycles. The number of pyridine rings is 1. The second-order valence-corrected chi connectivity index (χ2v) is 6.95. The number of benzene rings is 1. The molecule has 2 aliphatic heterocycles. The Morgan fingerprint density at radius 2 is 2.14 bits per heavy atom. The number of para-hydroxylation sites is 1. The van der Waals surface area contributed by atoms with E-state index in [1.165, 1.54) is 6.20 Å². The van der Waals surface area contributed by atoms with Crippen LogP contribution in [0.5, 0.6) is 5.75 Å². The fourth-order valence-corrected chi connectivity index (χ4v) is 3.33. The molecule has 1 saturated heterocycles. The minimum Gasteiger partial charge on any atom is -0.488 e. The molecule has 0 radical (unpaired) electrons. The van der Waals surface area contributed by atoms with Crippen LogP contribution in [0.2, 0.25) is 0 Å². The zero-order chi connectivity index (χ0) is 20.1. The molecule has 1 aromatic carbocycles. The SMILES string of the molecule is O=C(O[C@H](C(=O)NC[C@H]1CCCO1)c1cccnc1)C1=Cc2ccccc2OC1. The molecular formula is C22H22N2O5. The van der Waals surface area contributed by atoms with Crippen molar-refractivity contribution < 1.29 is 23.8 Å². The smallest absolute Gasteiger partial charge is 0.338 e. The molecule has 4 rings (SSSR count). The first kappa shape index (κ1) is 19.1. The van der Waals surface area contributed by atoms with Crippen molar-refractivity contribution in [1.29, 1.82) is 0 Å². The first-order chi connectivity index (χ1) is 14.2. The molecule has 7 heteroatoms. The molecule has 2 aliphatic rings. The van der Waals surface area contributed by atoms with Crippen molar-refractivity contribution in [2.24, 2.45) is 0 Å². The van der Waals surface area contributed by atoms with E-state index in [0.717, 1.165) is 18.4 Å². The van der Waals surface area contributed by atoms with Crippen molar-refractivity contribution in [3.05, 3.63) is 65.5 Å². The Kier molecular flexibility index (Phi) is 5.86. The highest BCUT2D eigenvalue weighted by molar-refractivity contribution is 5.97. The summed E-state index contributed by atoms with van der Waals surface area (Å²) in [6, 6.07) is 10.8. The minimum absolute atomic E-state index is 0.00449. The monoisotopic (exact) mass is 394 g/mol. The molecule has 29 heavy (non-hydrogen) atoms. The van der Waals surface area contributed by atoms with E-state index in [0.29, 0.717) is 30.0 Å². The van der Waals surface area contributed by atoms with Gasteiger partial charge < -0.3 is 19.5 Å². The van der Waals surface area contributed by atoms with Gasteiger partial charge in [0.1, 0.15) is 12.4 Å². The Hall–Kier alpha value is -3.19. The average Bonchev–Trinajstić information content (AvgIpc) is 3.29. The van der Waals surface area contributed by atoms with Crippen LogP contribution in [-0.4, -0.2) is 42.7 Å². The summed E-state index contributed by atoms with van der Waals surface area (Å²) in [7, 11) is 0. The van der Waals surface area contributed by atoms with Crippen LogP contribution in [0, 0.1) is 0 Å². The van der Waals surface area contributed by atoms with Crippen molar-refractivity contribution in [3.8, 4) is 5.75 Å². The van der Waals surface area contributed by atoms with Crippen LogP contribution >= 0.6 is 0 Å². The fraction of sp³-hybridized carbons (Fsp3) is 0.318. The second kappa shape index (κ2) is 8.87. The molecule has 1 N–H and O–H groups in total. The zero-order valence-electron chi connectivity index (χ0n) is 15.9. The van der Waals surface area contributed by atoms with Crippen LogP contribution < -0.4 is 10.1 Å². The van der Waals surface area contributed by atoms with Gasteiger partial charge in [-0.25, -0.2) is 4.79 Å². The van der Waals surface area contributed by atoms with E-state index in [1.807, 2.05) is 24.3 Å². The maximum absolute atomic E-state index is 12.8. The highest BCUT2D eigenvalue weighted by Gasteiger charge is 2.29. The number of fused-ring (bicyclic) bond motifs is 1. The molecule has 2 aromatic rings. The molecule has 0 bridgehead atoms. The minimum atomic E-state index is -1.10. The number of hydrogen-bond acceptors (Lipinski definition) is 6. The normalized spacial score (nSPS) is 18.8. The first-order valence-corrected chi connectivity index (χ1v) is 9.63. The van der Waals surface area contributed by atoms with Crippen LogP contribution in [0.3, 0.4) is 0 Å². The van der Waals surface area contributed by atoms with Crippen LogP contribution in [0.15, 0.2) is 54.4 Å². The van der Waals surface area contributed by atoms with Gasteiger partial charge in [0.15, 0.2) is 0 Å². The largest absolute Gasteiger partial charge is 0.488 e. The van der Waals surface area contributed by atoms with Gasteiger partial charge in [-0.1, -0.05) is 24.3 Å². The van der Waals surface area contributed by atoms with Gasteiger partial charge in [0.2, 0.25) is 6.10 Å². The first-order valence-electron chi connectivity index (χ1n) is 9.63. The molecule has 0 unspecified atom stereocenters. The van der Waals surface area contributed by atoms with Gasteiger partial charge in [0.05, 0.1) is 11.7 Å². The number of nitrogens with one attached hydrogen (secondary N) is 1. The predicted octanol–water partition coefficient (Wildman–Crippen LogP) is 2.44. The topological polar surface area (TPSA) is 86.8 Å². The summed E-state index contributed by atoms with van der Waals surface area (Å²) in [4.78, 5) is 29.6. The number of hydrogen-bond donors (Lipinski definition) is 1. The molecule has 0 aliphatic carbocycles. The highest BCUT2D eigenvalue weighted by Crippen LogP contribution is 2.27. The van der Waals surface area contributed by atoms with Gasteiger partial charge in [0.25, 0.3) is 5.91 Å². The number of amides is 1. The quantitative estimate of drug-likeness (QED) is 0.758. The van der Waals surface area contributed by atoms with Crippen molar-refractivity contribution in [2.45, 2.75) is 25.0 Å². The lowest BCUT2D eigenvalue weighted by molar-refractivity contribution is -0.153. The van der Waals surface area contributed by atoms with E-state index >= 15 is 0 Å². The number of carbonyl (C=O) groups is 2. The number of esters is 1. The van der Waals surface area contributed by atoms with Gasteiger partial charge in [-0.2, -0.15) is 0 Å². The summed E-state index contributed by atoms with van der Waals surface area (Å²) < 4.78 is 16.7. The summed E-state index contributed by atoms with van der Waals surface area (Å²) in [6.45, 7) is 1.18. The Balaban J connectivity index is 1.48. The van der Waals surface area contributed by atoms with Crippen molar-refractivity contribution in [2.75, 3.05) is 19.8 Å². The summed E-state index contributed by atoms with van der Waals surface area (Å²) in [6.07, 6.45) is 5.63. The van der Waals surface area contributed by atoms with E-state index in [-0.39, 0.29) is 12.7 Å². The summed E-state index contributed by atoms with van der Waals surface area (Å²) in [5, 5.41) is 2.83. The number of ether oxygens (including phenoxy) is 3. The molecule has 0 saturated carbocycles. The Labute approximate surface area is 168 Å². The molecule has 150 valence electrons. The third kappa shape index (κ3) is 4.63. The molecule has 0 spiro atoms. The average molecular weight is 394 g/mol. The molecule has 7 nitrogen and oxygen atoms in total. The van der Waals surface area contributed by atoms with E-state index < -0.39 is 18.0 Å². The summed E-state index contributed by atoms with van der Waals surface area (Å²) >= 11 is 0. The van der Waals surface area contributed by atoms with E-state index in [2.05, 4.69) is 10.3 Å². The number of aromatic nitrogens is 1. The third-order valence-corrected chi connectivity index (χ3v) is 4.87. The van der Waals surface area contributed by atoms with Crippen molar-refractivity contribution in [3.63, 3.8) is 0 Å². The maximum atomic E-state index is 12.8. The molecule has 2 atom stereocenters. The highest BCUT2D eigenvalue weighted by atomic mass is 16.6. The van der Waals surface area contributed by atoms with Crippen LogP contribution in [0.1, 0.15) is 30.1 Å². The lowest BCUT2D eigenvalue weighted by Gasteiger charge is -2.21. The fourth-order valence-electron chi connectivity index (χ4n) is 3.33. The van der Waals surface area contributed by atoms with Gasteiger partial charge >= 0.3 is 5.97 Å².